The van der Waals surface area contributed by atoms with Crippen molar-refractivity contribution < 1.29 is 77.6 Å². The second-order valence-corrected chi connectivity index (χ2v) is 18.9. The van der Waals surface area contributed by atoms with Crippen molar-refractivity contribution in [2.45, 2.75) is 133 Å². The molecule has 5 aliphatic rings. The highest BCUT2D eigenvalue weighted by molar-refractivity contribution is 7.10. The smallest absolute Gasteiger partial charge is 0.454 e. The molecule has 2 aliphatic heterocycles. The number of ether oxygens (including phenoxy) is 7. The van der Waals surface area contributed by atoms with Crippen LogP contribution in [-0.2, 0) is 42.7 Å². The Morgan fingerprint density at radius 3 is 2.27 bits per heavy atom. The van der Waals surface area contributed by atoms with Gasteiger partial charge in [-0.3, -0.25) is 4.79 Å². The summed E-state index contributed by atoms with van der Waals surface area (Å²) in [5.74, 6) is -4.53. The number of amides is 1. The normalized spacial score (nSPS) is 36.2. The Balaban J connectivity index is 1.41. The van der Waals surface area contributed by atoms with E-state index in [9.17, 15) is 44.4 Å². The second-order valence-electron chi connectivity index (χ2n) is 17.9. The molecule has 2 bridgehead atoms. The Morgan fingerprint density at radius 1 is 1.00 bits per heavy atom. The molecule has 2 aromatic rings. The van der Waals surface area contributed by atoms with Gasteiger partial charge in [-0.05, 0) is 62.4 Å². The molecule has 1 amide bonds. The van der Waals surface area contributed by atoms with Gasteiger partial charge in [0.05, 0.1) is 30.3 Å². The predicted octanol–water partition coefficient (Wildman–Crippen LogP) is 3.27. The first-order valence-corrected chi connectivity index (χ1v) is 20.5. The van der Waals surface area contributed by atoms with E-state index in [2.05, 4.69) is 5.32 Å². The van der Waals surface area contributed by atoms with E-state index in [1.807, 2.05) is 0 Å². The Morgan fingerprint density at radius 2 is 1.68 bits per heavy atom. The van der Waals surface area contributed by atoms with Gasteiger partial charge in [-0.25, -0.2) is 19.2 Å². The van der Waals surface area contributed by atoms with Crippen molar-refractivity contribution >= 4 is 41.5 Å². The van der Waals surface area contributed by atoms with Crippen molar-refractivity contribution in [2.24, 2.45) is 16.7 Å². The Labute approximate surface area is 349 Å². The average Bonchev–Trinajstić information content (AvgIpc) is 3.83. The Hall–Kier alpha value is -4.59. The van der Waals surface area contributed by atoms with Crippen LogP contribution in [0.4, 0.5) is 9.59 Å². The third kappa shape index (κ3) is 6.66. The summed E-state index contributed by atoms with van der Waals surface area (Å²) in [5, 5.41) is 52.8. The van der Waals surface area contributed by atoms with E-state index < -0.39 is 119 Å². The second kappa shape index (κ2) is 15.1. The van der Waals surface area contributed by atoms with Gasteiger partial charge in [-0.15, -0.1) is 11.3 Å². The molecule has 1 spiro atoms. The van der Waals surface area contributed by atoms with E-state index >= 15 is 0 Å². The minimum absolute atomic E-state index is 0.0142. The molecule has 7 rings (SSSR count). The van der Waals surface area contributed by atoms with E-state index in [-0.39, 0.29) is 29.7 Å². The molecular weight excluding hydrogens is 807 g/mol. The number of alkyl carbamates (subject to hydrolysis) is 1. The zero-order chi connectivity index (χ0) is 43.9. The molecule has 2 saturated heterocycles. The van der Waals surface area contributed by atoms with Crippen molar-refractivity contribution in [2.75, 3.05) is 6.61 Å². The summed E-state index contributed by atoms with van der Waals surface area (Å²) in [5.41, 5.74) is -8.41. The Kier molecular flexibility index (Phi) is 10.9. The molecule has 2 saturated carbocycles. The number of fused-ring (bicyclic) bond motifs is 4. The van der Waals surface area contributed by atoms with E-state index in [1.165, 1.54) is 26.0 Å². The number of nitrogens with one attached hydrogen (secondary N) is 1. The van der Waals surface area contributed by atoms with E-state index in [0.29, 0.717) is 4.88 Å². The molecule has 18 heteroatoms. The van der Waals surface area contributed by atoms with Gasteiger partial charge in [0.25, 0.3) is 0 Å². The van der Waals surface area contributed by atoms with Crippen molar-refractivity contribution in [1.82, 2.24) is 5.32 Å². The van der Waals surface area contributed by atoms with Crippen LogP contribution in [0.15, 0.2) is 59.0 Å². The molecule has 326 valence electrons. The number of hydrogen-bond acceptors (Lipinski definition) is 17. The topological polar surface area (TPSA) is 243 Å². The lowest BCUT2D eigenvalue weighted by Gasteiger charge is -2.68. The fourth-order valence-corrected chi connectivity index (χ4v) is 11.1. The number of carbonyl (C=O) groups excluding carboxylic acids is 5. The lowest BCUT2D eigenvalue weighted by atomic mass is 9.44. The van der Waals surface area contributed by atoms with Crippen LogP contribution >= 0.6 is 11.3 Å². The van der Waals surface area contributed by atoms with Crippen LogP contribution in [0, 0.1) is 16.7 Å². The summed E-state index contributed by atoms with van der Waals surface area (Å²) in [4.78, 5) is 68.8. The highest BCUT2D eigenvalue weighted by Gasteiger charge is 2.82. The fraction of sp³-hybridized carbons (Fsp3) is 0.595. The van der Waals surface area contributed by atoms with E-state index in [4.69, 9.17) is 33.2 Å². The molecule has 3 aliphatic carbocycles. The maximum atomic E-state index is 14.4. The van der Waals surface area contributed by atoms with Crippen molar-refractivity contribution in [3.05, 3.63) is 69.4 Å². The summed E-state index contributed by atoms with van der Waals surface area (Å²) in [6.07, 6.45) is -16.0. The molecule has 5 N–H and O–H groups in total. The van der Waals surface area contributed by atoms with Crippen LogP contribution in [0.25, 0.3) is 0 Å². The Bertz CT molecular complexity index is 2070. The van der Waals surface area contributed by atoms with Gasteiger partial charge in [-0.1, -0.05) is 45.0 Å². The largest absolute Gasteiger partial charge is 0.509 e. The highest BCUT2D eigenvalue weighted by Crippen LogP contribution is 2.67. The minimum atomic E-state index is -2.29. The van der Waals surface area contributed by atoms with Crippen molar-refractivity contribution in [3.63, 3.8) is 0 Å². The van der Waals surface area contributed by atoms with Gasteiger partial charge in [-0.2, -0.15) is 0 Å². The molecule has 0 unspecified atom stereocenters. The SMILES string of the molecule is CC(=O)O[C@@]12CO[C@@H]1C[C@H](O)[C@@]1(C)[C@H](O)[C@H](O)C3=C(C)[C@@H](OC(=O)[C@H](O)[C@@H](NC(=O)OC(C)(C)C)c4cccs4)[C@@H]4OC(=O)O[C@]4([C@@H](OC(=O)c4ccccc4)[C@H]21)C3(C)C. The highest BCUT2D eigenvalue weighted by atomic mass is 32.1. The molecule has 4 fully saturated rings. The summed E-state index contributed by atoms with van der Waals surface area (Å²) in [6.45, 7) is 11.8. The predicted molar refractivity (Wildman–Crippen MR) is 207 cm³/mol. The fourth-order valence-electron chi connectivity index (χ4n) is 10.3. The van der Waals surface area contributed by atoms with Gasteiger partial charge >= 0.3 is 30.2 Å². The molecule has 13 atom stereocenters. The number of aliphatic hydroxyl groups excluding tert-OH is 4. The van der Waals surface area contributed by atoms with E-state index in [1.54, 1.807) is 70.3 Å². The van der Waals surface area contributed by atoms with Crippen LogP contribution in [0.3, 0.4) is 0 Å². The number of benzene rings is 1. The standard InChI is InChI=1S/C42H51NO16S/c1-19-25-27(46)31(48)40(8)23(45)17-24-41(18-53-24,57-20(2)44)30(40)33(55-34(49)21-13-10-9-11-14-21)42(39(25,6)7)32(56-37(52)59-42)29(19)54-35(50)28(47)26(22-15-12-16-60-22)43-36(51)58-38(3,4)5/h9-16,23-24,26-33,45-48H,17-18H2,1-8H3,(H,43,51)/t23-,24+,26-,27+,28+,29+,30-,31+,32-,33-,40+,41-,42+/m0/s1. The lowest BCUT2D eigenvalue weighted by molar-refractivity contribution is -0.364. The third-order valence-corrected chi connectivity index (χ3v) is 13.9. The number of thiophene rings is 1. The molecule has 0 radical (unpaired) electrons. The first-order chi connectivity index (χ1) is 28.0. The van der Waals surface area contributed by atoms with Gasteiger partial charge in [0.15, 0.2) is 30.0 Å². The third-order valence-electron chi connectivity index (χ3n) is 12.9. The maximum Gasteiger partial charge on any atom is 0.509 e. The molecule has 1 aromatic carbocycles. The van der Waals surface area contributed by atoms with Crippen LogP contribution in [-0.4, -0.2) is 123 Å². The van der Waals surface area contributed by atoms with Gasteiger partial charge < -0.3 is 58.9 Å². The lowest BCUT2D eigenvalue weighted by Crippen LogP contribution is -2.83. The molecule has 60 heavy (non-hydrogen) atoms. The number of carbonyl (C=O) groups is 5. The zero-order valence-corrected chi connectivity index (χ0v) is 35.2. The van der Waals surface area contributed by atoms with E-state index in [0.717, 1.165) is 18.3 Å². The van der Waals surface area contributed by atoms with Crippen LogP contribution < -0.4 is 5.32 Å². The molecule has 17 nitrogen and oxygen atoms in total. The number of hydrogen-bond donors (Lipinski definition) is 5. The first kappa shape index (κ1) is 43.5. The molecular formula is C42H51NO16S. The number of aliphatic hydroxyl groups is 4. The summed E-state index contributed by atoms with van der Waals surface area (Å²) >= 11 is 1.13. The van der Waals surface area contributed by atoms with Crippen LogP contribution in [0.1, 0.15) is 83.1 Å². The summed E-state index contributed by atoms with van der Waals surface area (Å²) < 4.78 is 42.1. The average molecular weight is 858 g/mol. The van der Waals surface area contributed by atoms with Crippen LogP contribution in [0.5, 0.6) is 0 Å². The molecule has 1 aromatic heterocycles. The van der Waals surface area contributed by atoms with Gasteiger partial charge in [0.2, 0.25) is 5.60 Å². The molecule has 3 heterocycles. The van der Waals surface area contributed by atoms with Gasteiger partial charge in [0, 0.05) is 29.1 Å². The minimum Gasteiger partial charge on any atom is -0.454 e. The monoisotopic (exact) mass is 857 g/mol. The zero-order valence-electron chi connectivity index (χ0n) is 34.4. The summed E-state index contributed by atoms with van der Waals surface area (Å²) in [6, 6.07) is 9.65. The summed E-state index contributed by atoms with van der Waals surface area (Å²) in [7, 11) is 0. The van der Waals surface area contributed by atoms with Crippen molar-refractivity contribution in [3.8, 4) is 0 Å². The maximum absolute atomic E-state index is 14.4. The number of esters is 3. The van der Waals surface area contributed by atoms with Crippen molar-refractivity contribution in [1.29, 1.82) is 0 Å². The number of rotatable bonds is 8. The quantitative estimate of drug-likeness (QED) is 0.145. The first-order valence-electron chi connectivity index (χ1n) is 19.6. The van der Waals surface area contributed by atoms with Gasteiger partial charge in [0.1, 0.15) is 23.9 Å². The van der Waals surface area contributed by atoms with Crippen LogP contribution in [0.2, 0.25) is 0 Å².